The summed E-state index contributed by atoms with van der Waals surface area (Å²) in [7, 11) is 0. The maximum absolute atomic E-state index is 5.99. The Kier molecular flexibility index (Phi) is 5.75. The number of hydrogen-bond acceptors (Lipinski definition) is 4. The Morgan fingerprint density at radius 1 is 1.08 bits per heavy atom. The lowest BCUT2D eigenvalue weighted by atomic mass is 9.83. The van der Waals surface area contributed by atoms with Crippen LogP contribution in [0.3, 0.4) is 0 Å². The van der Waals surface area contributed by atoms with Crippen LogP contribution in [0.4, 0.5) is 0 Å². The molecule has 2 nitrogen and oxygen atoms in total. The van der Waals surface area contributed by atoms with Crippen molar-refractivity contribution in [1.82, 2.24) is 0 Å². The molecular weight excluding hydrogens is 200 g/mol. The van der Waals surface area contributed by atoms with Gasteiger partial charge in [0.05, 0.1) is 0 Å². The van der Waals surface area contributed by atoms with Gasteiger partial charge >= 0.3 is 0 Å². The molecule has 0 spiro atoms. The first-order valence-electron chi connectivity index (χ1n) is 4.60. The summed E-state index contributed by atoms with van der Waals surface area (Å²) in [4.78, 5) is 0. The van der Waals surface area contributed by atoms with Gasteiger partial charge in [-0.3, -0.25) is 0 Å². The van der Waals surface area contributed by atoms with Gasteiger partial charge in [-0.05, 0) is 37.5 Å². The van der Waals surface area contributed by atoms with Crippen LogP contribution in [0, 0.1) is 5.41 Å². The molecule has 0 saturated carbocycles. The Morgan fingerprint density at radius 3 is 1.92 bits per heavy atom. The molecule has 0 bridgehead atoms. The quantitative estimate of drug-likeness (QED) is 0.512. The van der Waals surface area contributed by atoms with E-state index >= 15 is 0 Å². The molecule has 0 unspecified atom stereocenters. The zero-order valence-corrected chi connectivity index (χ0v) is 10.4. The largest absolute Gasteiger partial charge is 0.330 e. The normalized spacial score (nSPS) is 20.8. The lowest BCUT2D eigenvalue weighted by Gasteiger charge is -2.30. The van der Waals surface area contributed by atoms with E-state index in [-0.39, 0.29) is 11.0 Å². The Hall–Kier alpha value is 0.620. The lowest BCUT2D eigenvalue weighted by molar-refractivity contribution is 0.306. The molecule has 0 radical (unpaired) electrons. The molecule has 13 heavy (non-hydrogen) atoms. The molecule has 0 aromatic carbocycles. The van der Waals surface area contributed by atoms with Crippen LogP contribution in [0.15, 0.2) is 0 Å². The van der Waals surface area contributed by atoms with Crippen molar-refractivity contribution in [2.75, 3.05) is 18.1 Å². The van der Waals surface area contributed by atoms with Gasteiger partial charge in [-0.2, -0.15) is 25.3 Å². The van der Waals surface area contributed by atoms with Gasteiger partial charge in [-0.15, -0.1) is 0 Å². The highest BCUT2D eigenvalue weighted by Crippen LogP contribution is 2.26. The molecule has 0 rings (SSSR count). The van der Waals surface area contributed by atoms with E-state index < -0.39 is 0 Å². The second-order valence-corrected chi connectivity index (χ2v) is 5.12. The number of rotatable bonds is 6. The zero-order valence-electron chi connectivity index (χ0n) is 8.58. The SMILES string of the molecule is C[C@](N)(CS)CC[C@@](C)(CN)CS. The van der Waals surface area contributed by atoms with E-state index in [2.05, 4.69) is 32.2 Å². The van der Waals surface area contributed by atoms with E-state index in [0.717, 1.165) is 18.6 Å². The molecule has 0 saturated heterocycles. The van der Waals surface area contributed by atoms with Crippen molar-refractivity contribution in [2.24, 2.45) is 16.9 Å². The predicted molar refractivity (Wildman–Crippen MR) is 66.7 cm³/mol. The fourth-order valence-corrected chi connectivity index (χ4v) is 1.36. The minimum Gasteiger partial charge on any atom is -0.330 e. The van der Waals surface area contributed by atoms with Crippen LogP contribution in [0.2, 0.25) is 0 Å². The average Bonchev–Trinajstić information content (AvgIpc) is 2.14. The fourth-order valence-electron chi connectivity index (χ4n) is 0.912. The summed E-state index contributed by atoms with van der Waals surface area (Å²) >= 11 is 8.51. The second kappa shape index (κ2) is 5.49. The average molecular weight is 222 g/mol. The molecule has 0 aliphatic rings. The third-order valence-corrected chi connectivity index (χ3v) is 4.02. The summed E-state index contributed by atoms with van der Waals surface area (Å²) in [6.07, 6.45) is 1.96. The van der Waals surface area contributed by atoms with Gasteiger partial charge < -0.3 is 11.5 Å². The van der Waals surface area contributed by atoms with Gasteiger partial charge in [0.2, 0.25) is 0 Å². The van der Waals surface area contributed by atoms with E-state index in [1.165, 1.54) is 0 Å². The topological polar surface area (TPSA) is 52.0 Å². The molecule has 0 aliphatic heterocycles. The molecule has 0 aromatic rings. The third-order valence-electron chi connectivity index (χ3n) is 2.54. The van der Waals surface area contributed by atoms with Crippen LogP contribution in [-0.2, 0) is 0 Å². The van der Waals surface area contributed by atoms with Crippen molar-refractivity contribution in [1.29, 1.82) is 0 Å². The molecule has 0 amide bonds. The Balaban J connectivity index is 3.99. The van der Waals surface area contributed by atoms with E-state index in [9.17, 15) is 0 Å². The fraction of sp³-hybridized carbons (Fsp3) is 1.00. The van der Waals surface area contributed by atoms with Crippen LogP contribution in [0.25, 0.3) is 0 Å². The summed E-state index contributed by atoms with van der Waals surface area (Å²) in [5.74, 6) is 1.52. The minimum atomic E-state index is -0.178. The van der Waals surface area contributed by atoms with Crippen LogP contribution < -0.4 is 11.5 Å². The lowest BCUT2D eigenvalue weighted by Crippen LogP contribution is -2.41. The monoisotopic (exact) mass is 222 g/mol. The van der Waals surface area contributed by atoms with Crippen LogP contribution in [-0.4, -0.2) is 23.6 Å². The van der Waals surface area contributed by atoms with Gasteiger partial charge in [0.25, 0.3) is 0 Å². The Bertz CT molecular complexity index is 145. The van der Waals surface area contributed by atoms with Crippen LogP contribution in [0.5, 0.6) is 0 Å². The molecule has 4 heteroatoms. The van der Waals surface area contributed by atoms with Crippen molar-refractivity contribution in [3.63, 3.8) is 0 Å². The third kappa shape index (κ3) is 5.15. The first-order valence-corrected chi connectivity index (χ1v) is 5.86. The minimum absolute atomic E-state index is 0.118. The van der Waals surface area contributed by atoms with E-state index in [1.54, 1.807) is 0 Å². The number of hydrogen-bond donors (Lipinski definition) is 4. The molecule has 0 heterocycles. The van der Waals surface area contributed by atoms with E-state index in [1.807, 2.05) is 6.92 Å². The molecule has 0 fully saturated rings. The van der Waals surface area contributed by atoms with Gasteiger partial charge in [0.1, 0.15) is 0 Å². The van der Waals surface area contributed by atoms with Gasteiger partial charge in [-0.25, -0.2) is 0 Å². The standard InChI is InChI=1S/C9H22N2S2/c1-8(5-10,6-12)3-4-9(2,11)7-13/h12-13H,3-7,10-11H2,1-2H3/t8-,9+/m0/s1. The highest BCUT2D eigenvalue weighted by Gasteiger charge is 2.25. The first kappa shape index (κ1) is 13.6. The molecule has 2 atom stereocenters. The number of thiol groups is 2. The van der Waals surface area contributed by atoms with E-state index in [0.29, 0.717) is 12.3 Å². The van der Waals surface area contributed by atoms with Crippen molar-refractivity contribution < 1.29 is 0 Å². The van der Waals surface area contributed by atoms with E-state index in [4.69, 9.17) is 11.5 Å². The molecule has 0 aromatic heterocycles. The first-order chi connectivity index (χ1) is 5.89. The summed E-state index contributed by atoms with van der Waals surface area (Å²) in [6, 6.07) is 0. The van der Waals surface area contributed by atoms with Gasteiger partial charge in [-0.1, -0.05) is 6.92 Å². The van der Waals surface area contributed by atoms with Crippen molar-refractivity contribution in [2.45, 2.75) is 32.2 Å². The van der Waals surface area contributed by atoms with Crippen LogP contribution in [0.1, 0.15) is 26.7 Å². The van der Waals surface area contributed by atoms with Crippen molar-refractivity contribution in [3.05, 3.63) is 0 Å². The Labute approximate surface area is 92.6 Å². The summed E-state index contributed by atoms with van der Waals surface area (Å²) in [5.41, 5.74) is 11.6. The summed E-state index contributed by atoms with van der Waals surface area (Å²) < 4.78 is 0. The number of nitrogens with two attached hydrogens (primary N) is 2. The molecular formula is C9H22N2S2. The highest BCUT2D eigenvalue weighted by molar-refractivity contribution is 7.80. The molecule has 80 valence electrons. The zero-order chi connectivity index (χ0) is 10.5. The Morgan fingerprint density at radius 2 is 1.62 bits per heavy atom. The van der Waals surface area contributed by atoms with Gasteiger partial charge in [0.15, 0.2) is 0 Å². The van der Waals surface area contributed by atoms with Crippen molar-refractivity contribution in [3.8, 4) is 0 Å². The predicted octanol–water partition coefficient (Wildman–Crippen LogP) is 1.31. The van der Waals surface area contributed by atoms with Gasteiger partial charge in [0, 0.05) is 11.3 Å². The second-order valence-electron chi connectivity index (χ2n) is 4.49. The smallest absolute Gasteiger partial charge is 0.0215 e. The molecule has 4 N–H and O–H groups in total. The molecule has 0 aliphatic carbocycles. The maximum Gasteiger partial charge on any atom is 0.0215 e. The maximum atomic E-state index is 5.99. The highest BCUT2D eigenvalue weighted by atomic mass is 32.1. The van der Waals surface area contributed by atoms with Crippen LogP contribution >= 0.6 is 25.3 Å². The van der Waals surface area contributed by atoms with Crippen molar-refractivity contribution >= 4 is 25.3 Å². The summed E-state index contributed by atoms with van der Waals surface area (Å²) in [5, 5.41) is 0. The summed E-state index contributed by atoms with van der Waals surface area (Å²) in [6.45, 7) is 4.84.